The van der Waals surface area contributed by atoms with Crippen LogP contribution in [0, 0.1) is 6.92 Å². The zero-order valence-corrected chi connectivity index (χ0v) is 12.3. The molecule has 2 N–H and O–H groups in total. The maximum absolute atomic E-state index is 6.09. The SMILES string of the molecule is Cc1c(N)c([Si](C)(C)C)cc(Br)c1Cl. The van der Waals surface area contributed by atoms with Crippen molar-refractivity contribution in [2.45, 2.75) is 26.6 Å². The van der Waals surface area contributed by atoms with Crippen LogP contribution in [-0.4, -0.2) is 8.07 Å². The number of nitrogen functional groups attached to an aromatic ring is 1. The zero-order chi connectivity index (χ0) is 11.1. The Kier molecular flexibility index (Phi) is 3.34. The van der Waals surface area contributed by atoms with Gasteiger partial charge in [-0.15, -0.1) is 0 Å². The van der Waals surface area contributed by atoms with Crippen molar-refractivity contribution in [1.29, 1.82) is 0 Å². The molecule has 0 bridgehead atoms. The second kappa shape index (κ2) is 3.87. The van der Waals surface area contributed by atoms with Gasteiger partial charge in [0.1, 0.15) is 0 Å². The Balaban J connectivity index is 3.49. The molecule has 1 nitrogen and oxygen atoms in total. The molecule has 1 aromatic carbocycles. The van der Waals surface area contributed by atoms with E-state index in [1.54, 1.807) is 0 Å². The highest BCUT2D eigenvalue weighted by atomic mass is 79.9. The minimum atomic E-state index is -1.38. The van der Waals surface area contributed by atoms with Crippen molar-refractivity contribution in [3.63, 3.8) is 0 Å². The smallest absolute Gasteiger partial charge is 0.0803 e. The summed E-state index contributed by atoms with van der Waals surface area (Å²) in [6, 6.07) is 2.07. The average molecular weight is 293 g/mol. The highest BCUT2D eigenvalue weighted by Gasteiger charge is 2.22. The lowest BCUT2D eigenvalue weighted by atomic mass is 10.2. The summed E-state index contributed by atoms with van der Waals surface area (Å²) in [5, 5.41) is 2.00. The summed E-state index contributed by atoms with van der Waals surface area (Å²) in [5.74, 6) is 0. The van der Waals surface area contributed by atoms with Gasteiger partial charge in [-0.2, -0.15) is 0 Å². The van der Waals surface area contributed by atoms with Crippen LogP contribution in [0.4, 0.5) is 5.69 Å². The van der Waals surface area contributed by atoms with Gasteiger partial charge in [0.15, 0.2) is 0 Å². The van der Waals surface area contributed by atoms with Crippen LogP contribution in [0.1, 0.15) is 5.56 Å². The summed E-state index contributed by atoms with van der Waals surface area (Å²) in [7, 11) is -1.38. The van der Waals surface area contributed by atoms with E-state index < -0.39 is 8.07 Å². The summed E-state index contributed by atoms with van der Waals surface area (Å²) < 4.78 is 0.947. The molecular weight excluding hydrogens is 278 g/mol. The quantitative estimate of drug-likeness (QED) is 0.622. The average Bonchev–Trinajstić information content (AvgIpc) is 2.06. The van der Waals surface area contributed by atoms with Crippen LogP contribution in [-0.2, 0) is 0 Å². The molecule has 0 aliphatic carbocycles. The number of anilines is 1. The van der Waals surface area contributed by atoms with Crippen LogP contribution in [0.5, 0.6) is 0 Å². The molecule has 1 rings (SSSR count). The van der Waals surface area contributed by atoms with Gasteiger partial charge in [-0.3, -0.25) is 0 Å². The standard InChI is InChI=1S/C10H15BrClNSi/c1-6-9(12)7(11)5-8(10(6)13)14(2,3)4/h5H,13H2,1-4H3. The van der Waals surface area contributed by atoms with Gasteiger partial charge in [0.25, 0.3) is 0 Å². The molecule has 0 amide bonds. The Hall–Kier alpha value is 0.00688. The lowest BCUT2D eigenvalue weighted by Gasteiger charge is -2.21. The summed E-state index contributed by atoms with van der Waals surface area (Å²) in [6.45, 7) is 8.79. The van der Waals surface area contributed by atoms with Crippen LogP contribution >= 0.6 is 27.5 Å². The molecule has 4 heteroatoms. The topological polar surface area (TPSA) is 26.0 Å². The molecule has 0 fully saturated rings. The summed E-state index contributed by atoms with van der Waals surface area (Å²) in [6.07, 6.45) is 0. The number of hydrogen-bond acceptors (Lipinski definition) is 1. The molecule has 0 aliphatic rings. The molecule has 0 saturated carbocycles. The summed E-state index contributed by atoms with van der Waals surface area (Å²) >= 11 is 9.55. The number of benzene rings is 1. The Morgan fingerprint density at radius 3 is 2.29 bits per heavy atom. The largest absolute Gasteiger partial charge is 0.399 e. The van der Waals surface area contributed by atoms with Gasteiger partial charge in [-0.25, -0.2) is 0 Å². The molecule has 78 valence electrons. The zero-order valence-electron chi connectivity index (χ0n) is 8.91. The molecule has 14 heavy (non-hydrogen) atoms. The molecule has 0 heterocycles. The molecule has 0 spiro atoms. The van der Waals surface area contributed by atoms with Crippen molar-refractivity contribution >= 4 is 46.5 Å². The van der Waals surface area contributed by atoms with Crippen LogP contribution < -0.4 is 10.9 Å². The van der Waals surface area contributed by atoms with Gasteiger partial charge < -0.3 is 5.73 Å². The van der Waals surface area contributed by atoms with Gasteiger partial charge in [-0.05, 0) is 39.7 Å². The molecule has 0 atom stereocenters. The van der Waals surface area contributed by atoms with Crippen molar-refractivity contribution in [2.24, 2.45) is 0 Å². The Bertz CT molecular complexity index is 371. The van der Waals surface area contributed by atoms with E-state index in [1.807, 2.05) is 6.92 Å². The second-order valence-corrected chi connectivity index (χ2v) is 10.8. The molecular formula is C10H15BrClNSi. The van der Waals surface area contributed by atoms with Crippen molar-refractivity contribution < 1.29 is 0 Å². The first-order valence-electron chi connectivity index (χ1n) is 4.49. The predicted molar refractivity (Wildman–Crippen MR) is 71.3 cm³/mol. The van der Waals surface area contributed by atoms with E-state index in [0.29, 0.717) is 0 Å². The number of nitrogens with two attached hydrogens (primary N) is 1. The third-order valence-electron chi connectivity index (χ3n) is 2.31. The second-order valence-electron chi connectivity index (χ2n) is 4.51. The van der Waals surface area contributed by atoms with Gasteiger partial charge in [0, 0.05) is 10.2 Å². The number of hydrogen-bond donors (Lipinski definition) is 1. The number of halogens is 2. The third-order valence-corrected chi connectivity index (χ3v) is 5.68. The third kappa shape index (κ3) is 2.15. The summed E-state index contributed by atoms with van der Waals surface area (Å²) in [4.78, 5) is 0. The van der Waals surface area contributed by atoms with Crippen LogP contribution in [0.2, 0.25) is 24.7 Å². The minimum absolute atomic E-state index is 0.726. The van der Waals surface area contributed by atoms with Crippen LogP contribution in [0.25, 0.3) is 0 Å². The molecule has 1 aromatic rings. The molecule has 0 aromatic heterocycles. The van der Waals surface area contributed by atoms with Crippen molar-refractivity contribution in [2.75, 3.05) is 5.73 Å². The Morgan fingerprint density at radius 2 is 1.86 bits per heavy atom. The fourth-order valence-electron chi connectivity index (χ4n) is 1.39. The predicted octanol–water partition coefficient (Wildman–Crippen LogP) is 3.54. The molecule has 0 aliphatic heterocycles. The fourth-order valence-corrected chi connectivity index (χ4v) is 3.85. The van der Waals surface area contributed by atoms with Crippen molar-refractivity contribution in [1.82, 2.24) is 0 Å². The monoisotopic (exact) mass is 291 g/mol. The van der Waals surface area contributed by atoms with Crippen molar-refractivity contribution in [3.05, 3.63) is 21.1 Å². The van der Waals surface area contributed by atoms with Crippen LogP contribution in [0.15, 0.2) is 10.5 Å². The maximum atomic E-state index is 6.09. The van der Waals surface area contributed by atoms with E-state index >= 15 is 0 Å². The van der Waals surface area contributed by atoms with Gasteiger partial charge in [0.2, 0.25) is 0 Å². The van der Waals surface area contributed by atoms with Gasteiger partial charge in [-0.1, -0.05) is 31.2 Å². The first kappa shape index (κ1) is 12.1. The lowest BCUT2D eigenvalue weighted by molar-refractivity contribution is 1.46. The van der Waals surface area contributed by atoms with Gasteiger partial charge in [0.05, 0.1) is 13.1 Å². The van der Waals surface area contributed by atoms with E-state index in [0.717, 1.165) is 20.7 Å². The lowest BCUT2D eigenvalue weighted by Crippen LogP contribution is -2.40. The molecule has 0 saturated heterocycles. The first-order chi connectivity index (χ1) is 6.25. The Morgan fingerprint density at radius 1 is 1.36 bits per heavy atom. The highest BCUT2D eigenvalue weighted by molar-refractivity contribution is 9.10. The van der Waals surface area contributed by atoms with Crippen molar-refractivity contribution in [3.8, 4) is 0 Å². The molecule has 0 radical (unpaired) electrons. The normalized spacial score (nSPS) is 11.9. The van der Waals surface area contributed by atoms with E-state index in [2.05, 4.69) is 41.6 Å². The van der Waals surface area contributed by atoms with Gasteiger partial charge >= 0.3 is 0 Å². The van der Waals surface area contributed by atoms with E-state index in [4.69, 9.17) is 17.3 Å². The minimum Gasteiger partial charge on any atom is -0.399 e. The maximum Gasteiger partial charge on any atom is 0.0803 e. The van der Waals surface area contributed by atoms with E-state index in [-0.39, 0.29) is 0 Å². The first-order valence-corrected chi connectivity index (χ1v) is 9.16. The number of rotatable bonds is 1. The molecule has 0 unspecified atom stereocenters. The summed E-state index contributed by atoms with van der Waals surface area (Å²) in [5.41, 5.74) is 7.91. The fraction of sp³-hybridized carbons (Fsp3) is 0.400. The highest BCUT2D eigenvalue weighted by Crippen LogP contribution is 2.29. The Labute approximate surface area is 99.8 Å². The van der Waals surface area contributed by atoms with E-state index in [1.165, 1.54) is 5.19 Å². The van der Waals surface area contributed by atoms with E-state index in [9.17, 15) is 0 Å². The van der Waals surface area contributed by atoms with Crippen LogP contribution in [0.3, 0.4) is 0 Å².